The van der Waals surface area contributed by atoms with E-state index in [2.05, 4.69) is 5.32 Å². The third-order valence-electron chi connectivity index (χ3n) is 1.46. The van der Waals surface area contributed by atoms with E-state index in [-0.39, 0.29) is 6.42 Å². The molecule has 0 rings (SSSR count). The third kappa shape index (κ3) is 9.89. The number of amides is 1. The zero-order valence-corrected chi connectivity index (χ0v) is 11.9. The molecule has 0 heterocycles. The average Bonchev–Trinajstić information content (AvgIpc) is 1.92. The molecule has 2 N–H and O–H groups in total. The minimum absolute atomic E-state index is 0.323. The fraction of sp³-hybridized carbons (Fsp3) is 0.833. The van der Waals surface area contributed by atoms with Crippen molar-refractivity contribution in [1.82, 2.24) is 5.32 Å². The lowest BCUT2D eigenvalue weighted by molar-refractivity contribution is -0.157. The summed E-state index contributed by atoms with van der Waals surface area (Å²) < 4.78 is 9.93. The number of aliphatic hydroxyl groups is 1. The van der Waals surface area contributed by atoms with E-state index in [0.29, 0.717) is 0 Å². The number of aliphatic hydroxyl groups excluding tert-OH is 1. The molecule has 0 bridgehead atoms. The number of nitrogens with one attached hydrogen (secondary N) is 1. The first-order chi connectivity index (χ1) is 7.89. The molecule has 0 saturated carbocycles. The maximum Gasteiger partial charge on any atom is 0.409 e. The van der Waals surface area contributed by atoms with Gasteiger partial charge in [0.2, 0.25) is 0 Å². The van der Waals surface area contributed by atoms with Gasteiger partial charge in [-0.15, -0.1) is 0 Å². The van der Waals surface area contributed by atoms with Gasteiger partial charge in [0.05, 0.1) is 6.42 Å². The summed E-state index contributed by atoms with van der Waals surface area (Å²) in [7, 11) is 0. The molecule has 6 nitrogen and oxygen atoms in total. The molecule has 1 unspecified atom stereocenters. The molecule has 6 heteroatoms. The Bertz CT molecular complexity index is 271. The van der Waals surface area contributed by atoms with Gasteiger partial charge in [0, 0.05) is 0 Å². The number of ether oxygens (including phenoxy) is 2. The second kappa shape index (κ2) is 6.04. The van der Waals surface area contributed by atoms with Crippen molar-refractivity contribution in [3.8, 4) is 0 Å². The number of esters is 1. The number of carbonyl (C=O) groups is 2. The van der Waals surface area contributed by atoms with Crippen molar-refractivity contribution in [1.29, 1.82) is 0 Å². The van der Waals surface area contributed by atoms with Gasteiger partial charge in [0.15, 0.2) is 0 Å². The molecule has 0 spiro atoms. The standard InChI is InChI=1S/C12H23NO5/c1-11(2,3)17-9(15)7-8(14)13-10(16)18-12(4,5)6/h8,14H,7H2,1-6H3,(H,13,16). The van der Waals surface area contributed by atoms with Crippen LogP contribution in [0.15, 0.2) is 0 Å². The van der Waals surface area contributed by atoms with Gasteiger partial charge in [-0.1, -0.05) is 0 Å². The lowest BCUT2D eigenvalue weighted by atomic mass is 10.2. The largest absolute Gasteiger partial charge is 0.460 e. The van der Waals surface area contributed by atoms with Gasteiger partial charge in [-0.05, 0) is 41.5 Å². The van der Waals surface area contributed by atoms with Gasteiger partial charge in [-0.3, -0.25) is 10.1 Å². The topological polar surface area (TPSA) is 84.9 Å². The maximum atomic E-state index is 11.4. The van der Waals surface area contributed by atoms with E-state index in [1.165, 1.54) is 0 Å². The number of alkyl carbamates (subject to hydrolysis) is 1. The van der Waals surface area contributed by atoms with Crippen LogP contribution < -0.4 is 5.32 Å². The highest BCUT2D eigenvalue weighted by atomic mass is 16.6. The second-order valence-corrected chi connectivity index (χ2v) is 5.95. The summed E-state index contributed by atoms with van der Waals surface area (Å²) in [4.78, 5) is 22.7. The molecule has 0 radical (unpaired) electrons. The molecule has 0 aliphatic carbocycles. The van der Waals surface area contributed by atoms with Crippen LogP contribution in [0.5, 0.6) is 0 Å². The van der Waals surface area contributed by atoms with Crippen molar-refractivity contribution < 1.29 is 24.2 Å². The molecular formula is C12H23NO5. The molecule has 0 aliphatic heterocycles. The summed E-state index contributed by atoms with van der Waals surface area (Å²) >= 11 is 0. The van der Waals surface area contributed by atoms with Crippen LogP contribution in [0.2, 0.25) is 0 Å². The number of hydrogen-bond acceptors (Lipinski definition) is 5. The Morgan fingerprint density at radius 2 is 1.50 bits per heavy atom. The Kier molecular flexibility index (Phi) is 5.60. The minimum atomic E-state index is -1.32. The summed E-state index contributed by atoms with van der Waals surface area (Å²) in [5, 5.41) is 11.6. The van der Waals surface area contributed by atoms with Gasteiger partial charge >= 0.3 is 12.1 Å². The first kappa shape index (κ1) is 16.7. The van der Waals surface area contributed by atoms with Crippen LogP contribution in [-0.4, -0.2) is 34.6 Å². The molecular weight excluding hydrogens is 238 g/mol. The molecule has 0 saturated heterocycles. The van der Waals surface area contributed by atoms with Crippen LogP contribution in [0.4, 0.5) is 4.79 Å². The molecule has 0 fully saturated rings. The zero-order valence-electron chi connectivity index (χ0n) is 11.9. The lowest BCUT2D eigenvalue weighted by Gasteiger charge is -2.22. The molecule has 0 aliphatic rings. The van der Waals surface area contributed by atoms with Gasteiger partial charge < -0.3 is 14.6 Å². The zero-order chi connectivity index (χ0) is 14.6. The average molecular weight is 261 g/mol. The Balaban J connectivity index is 4.08. The van der Waals surface area contributed by atoms with Crippen molar-refractivity contribution >= 4 is 12.1 Å². The lowest BCUT2D eigenvalue weighted by Crippen LogP contribution is -2.40. The molecule has 0 aromatic rings. The van der Waals surface area contributed by atoms with Crippen molar-refractivity contribution in [2.24, 2.45) is 0 Å². The third-order valence-corrected chi connectivity index (χ3v) is 1.46. The van der Waals surface area contributed by atoms with Gasteiger partial charge in [-0.2, -0.15) is 0 Å². The fourth-order valence-corrected chi connectivity index (χ4v) is 1.04. The predicted octanol–water partition coefficient (Wildman–Crippen LogP) is 1.56. The quantitative estimate of drug-likeness (QED) is 0.595. The SMILES string of the molecule is CC(C)(C)OC(=O)CC(O)NC(=O)OC(C)(C)C. The summed E-state index contributed by atoms with van der Waals surface area (Å²) in [6, 6.07) is 0. The van der Waals surface area contributed by atoms with Crippen molar-refractivity contribution in [2.45, 2.75) is 65.4 Å². The molecule has 1 amide bonds. The van der Waals surface area contributed by atoms with Crippen LogP contribution in [-0.2, 0) is 14.3 Å². The van der Waals surface area contributed by atoms with Crippen molar-refractivity contribution in [3.05, 3.63) is 0 Å². The van der Waals surface area contributed by atoms with E-state index < -0.39 is 29.5 Å². The molecule has 106 valence electrons. The maximum absolute atomic E-state index is 11.4. The molecule has 18 heavy (non-hydrogen) atoms. The summed E-state index contributed by atoms with van der Waals surface area (Å²) in [6.07, 6.45) is -2.43. The Morgan fingerprint density at radius 3 is 1.89 bits per heavy atom. The molecule has 0 aromatic heterocycles. The minimum Gasteiger partial charge on any atom is -0.460 e. The van der Waals surface area contributed by atoms with Crippen LogP contribution in [0.25, 0.3) is 0 Å². The predicted molar refractivity (Wildman–Crippen MR) is 65.8 cm³/mol. The van der Waals surface area contributed by atoms with Crippen molar-refractivity contribution in [3.63, 3.8) is 0 Å². The summed E-state index contributed by atoms with van der Waals surface area (Å²) in [5.74, 6) is -0.592. The summed E-state index contributed by atoms with van der Waals surface area (Å²) in [5.41, 5.74) is -1.28. The first-order valence-electron chi connectivity index (χ1n) is 5.78. The first-order valence-corrected chi connectivity index (χ1v) is 5.78. The van der Waals surface area contributed by atoms with E-state index >= 15 is 0 Å². The van der Waals surface area contributed by atoms with E-state index in [1.54, 1.807) is 41.5 Å². The molecule has 1 atom stereocenters. The van der Waals surface area contributed by atoms with E-state index in [9.17, 15) is 14.7 Å². The van der Waals surface area contributed by atoms with E-state index in [4.69, 9.17) is 9.47 Å². The Labute approximate surface area is 108 Å². The van der Waals surface area contributed by atoms with Crippen LogP contribution in [0.3, 0.4) is 0 Å². The van der Waals surface area contributed by atoms with Crippen LogP contribution in [0.1, 0.15) is 48.0 Å². The highest BCUT2D eigenvalue weighted by Crippen LogP contribution is 2.10. The Hall–Kier alpha value is -1.30. The monoisotopic (exact) mass is 261 g/mol. The molecule has 0 aromatic carbocycles. The summed E-state index contributed by atoms with van der Waals surface area (Å²) in [6.45, 7) is 10.3. The van der Waals surface area contributed by atoms with E-state index in [0.717, 1.165) is 0 Å². The van der Waals surface area contributed by atoms with Crippen molar-refractivity contribution in [2.75, 3.05) is 0 Å². The van der Waals surface area contributed by atoms with E-state index in [1.807, 2.05) is 0 Å². The highest BCUT2D eigenvalue weighted by Gasteiger charge is 2.22. The Morgan fingerprint density at radius 1 is 1.06 bits per heavy atom. The van der Waals surface area contributed by atoms with Crippen LogP contribution in [0, 0.1) is 0 Å². The van der Waals surface area contributed by atoms with Gasteiger partial charge in [-0.25, -0.2) is 4.79 Å². The number of hydrogen-bond donors (Lipinski definition) is 2. The smallest absolute Gasteiger partial charge is 0.409 e. The van der Waals surface area contributed by atoms with Crippen LogP contribution >= 0.6 is 0 Å². The highest BCUT2D eigenvalue weighted by molar-refractivity contribution is 5.72. The van der Waals surface area contributed by atoms with Gasteiger partial charge in [0.25, 0.3) is 0 Å². The second-order valence-electron chi connectivity index (χ2n) is 5.95. The van der Waals surface area contributed by atoms with Gasteiger partial charge in [0.1, 0.15) is 17.4 Å². The number of rotatable bonds is 3. The fourth-order valence-electron chi connectivity index (χ4n) is 1.04. The number of carbonyl (C=O) groups excluding carboxylic acids is 2. The normalized spacial score (nSPS) is 13.7.